The zero-order chi connectivity index (χ0) is 28.2. The lowest BCUT2D eigenvalue weighted by Gasteiger charge is -2.49. The van der Waals surface area contributed by atoms with E-state index in [9.17, 15) is 21.6 Å². The van der Waals surface area contributed by atoms with E-state index in [1.807, 2.05) is 6.92 Å². The van der Waals surface area contributed by atoms with E-state index in [4.69, 9.17) is 0 Å². The molecule has 1 unspecified atom stereocenters. The molecule has 0 bridgehead atoms. The molecule has 0 aliphatic rings. The number of aryl methyl sites for hydroxylation is 1. The fourth-order valence-corrected chi connectivity index (χ4v) is 14.6. The molecule has 0 saturated heterocycles. The molecule has 9 heteroatoms. The Morgan fingerprint density at radius 1 is 0.946 bits per heavy atom. The van der Waals surface area contributed by atoms with Gasteiger partial charge in [0.1, 0.15) is 5.84 Å². The van der Waals surface area contributed by atoms with Crippen molar-refractivity contribution in [1.29, 1.82) is 0 Å². The Hall–Kier alpha value is -2.39. The van der Waals surface area contributed by atoms with Crippen LogP contribution in [0, 0.1) is 6.92 Å². The van der Waals surface area contributed by atoms with Crippen LogP contribution < -0.4 is 5.32 Å². The molecule has 0 aromatic heterocycles. The van der Waals surface area contributed by atoms with E-state index in [0.717, 1.165) is 17.7 Å². The number of nitrogens with zero attached hydrogens (tertiary/aromatic N) is 1. The third-order valence-electron chi connectivity index (χ3n) is 7.36. The van der Waals surface area contributed by atoms with Crippen molar-refractivity contribution in [2.45, 2.75) is 88.1 Å². The number of alkyl halides is 3. The maximum Gasteiger partial charge on any atom is 0.416 e. The molecule has 4 nitrogen and oxygen atoms in total. The predicted molar refractivity (Wildman–Crippen MR) is 150 cm³/mol. The summed E-state index contributed by atoms with van der Waals surface area (Å²) in [5.74, 6) is 0.253. The highest BCUT2D eigenvalue weighted by molar-refractivity contribution is 7.90. The lowest BCUT2D eigenvalue weighted by Crippen LogP contribution is -2.52. The lowest BCUT2D eigenvalue weighted by atomic mass is 10.2. The standard InChI is InChI=1S/C28H39F3N2O2SSi/c1-9-10-26(37(19(2)3,20(4)5)21(6)7)27(32-24-15-13-23(14-16-24)28(29,30)31)33-36(34,35)25-17-11-22(8)12-18-25/h9,11-21,26H,1,10H2,2-8H3,(H,32,33). The molecule has 2 rings (SSSR count). The van der Waals surface area contributed by atoms with Gasteiger partial charge in [-0.25, -0.2) is 0 Å². The van der Waals surface area contributed by atoms with E-state index in [1.165, 1.54) is 24.3 Å². The largest absolute Gasteiger partial charge is 0.416 e. The van der Waals surface area contributed by atoms with Crippen LogP contribution in [-0.4, -0.2) is 22.3 Å². The highest BCUT2D eigenvalue weighted by Crippen LogP contribution is 2.51. The molecule has 0 amide bonds. The number of halogens is 3. The van der Waals surface area contributed by atoms with Crippen LogP contribution >= 0.6 is 0 Å². The van der Waals surface area contributed by atoms with Crippen molar-refractivity contribution in [3.63, 3.8) is 0 Å². The van der Waals surface area contributed by atoms with Crippen LogP contribution in [0.25, 0.3) is 0 Å². The Balaban J connectivity index is 2.79. The summed E-state index contributed by atoms with van der Waals surface area (Å²) in [6.45, 7) is 18.9. The summed E-state index contributed by atoms with van der Waals surface area (Å²) in [7, 11) is -6.45. The third kappa shape index (κ3) is 6.93. The minimum Gasteiger partial charge on any atom is -0.343 e. The number of amidine groups is 1. The first-order valence-corrected chi connectivity index (χ1v) is 16.3. The normalized spacial score (nSPS) is 14.4. The first-order valence-electron chi connectivity index (χ1n) is 12.5. The molecular weight excluding hydrogens is 513 g/mol. The Morgan fingerprint density at radius 2 is 1.43 bits per heavy atom. The van der Waals surface area contributed by atoms with Gasteiger partial charge in [0, 0.05) is 11.2 Å². The van der Waals surface area contributed by atoms with E-state index in [2.05, 4.69) is 57.8 Å². The summed E-state index contributed by atoms with van der Waals surface area (Å²) in [4.78, 5) is 0.0630. The number of benzene rings is 2. The Kier molecular flexibility index (Phi) is 9.98. The summed E-state index contributed by atoms with van der Waals surface area (Å²) in [5, 5.41) is 3.14. The minimum absolute atomic E-state index is 0.0630. The van der Waals surface area contributed by atoms with Gasteiger partial charge < -0.3 is 5.32 Å². The molecule has 0 aliphatic heterocycles. The summed E-state index contributed by atoms with van der Waals surface area (Å²) >= 11 is 0. The van der Waals surface area contributed by atoms with E-state index >= 15 is 0 Å². The molecule has 1 atom stereocenters. The Labute approximate surface area is 221 Å². The molecule has 0 fully saturated rings. The maximum absolute atomic E-state index is 13.5. The molecule has 1 N–H and O–H groups in total. The molecular formula is C28H39F3N2O2SSi. The lowest BCUT2D eigenvalue weighted by molar-refractivity contribution is -0.137. The highest BCUT2D eigenvalue weighted by atomic mass is 32.2. The van der Waals surface area contributed by atoms with Crippen LogP contribution in [0.4, 0.5) is 18.9 Å². The topological polar surface area (TPSA) is 58.5 Å². The van der Waals surface area contributed by atoms with E-state index in [1.54, 1.807) is 18.2 Å². The highest BCUT2D eigenvalue weighted by Gasteiger charge is 2.50. The second kappa shape index (κ2) is 12.0. The minimum atomic E-state index is -4.47. The van der Waals surface area contributed by atoms with Gasteiger partial charge in [0.05, 0.1) is 18.5 Å². The van der Waals surface area contributed by atoms with Crippen LogP contribution in [0.5, 0.6) is 0 Å². The summed E-state index contributed by atoms with van der Waals surface area (Å²) < 4.78 is 70.8. The Bertz CT molecular complexity index is 1170. The number of anilines is 1. The van der Waals surface area contributed by atoms with Crippen LogP contribution in [0.15, 0.2) is 70.5 Å². The fraction of sp³-hybridized carbons (Fsp3) is 0.464. The molecule has 2 aromatic carbocycles. The van der Waals surface area contributed by atoms with Crippen molar-refractivity contribution in [3.8, 4) is 0 Å². The third-order valence-corrected chi connectivity index (χ3v) is 16.4. The number of hydrogen-bond acceptors (Lipinski definition) is 2. The molecule has 0 heterocycles. The van der Waals surface area contributed by atoms with Crippen LogP contribution in [-0.2, 0) is 16.2 Å². The van der Waals surface area contributed by atoms with Gasteiger partial charge in [0.25, 0.3) is 10.0 Å². The molecule has 0 saturated carbocycles. The van der Waals surface area contributed by atoms with Gasteiger partial charge in [0.2, 0.25) is 0 Å². The van der Waals surface area contributed by atoms with E-state index in [-0.39, 0.29) is 32.9 Å². The van der Waals surface area contributed by atoms with Gasteiger partial charge in [-0.1, -0.05) is 65.3 Å². The van der Waals surface area contributed by atoms with Gasteiger partial charge in [0.15, 0.2) is 0 Å². The zero-order valence-electron chi connectivity index (χ0n) is 22.7. The van der Waals surface area contributed by atoms with Gasteiger partial charge in [-0.3, -0.25) is 0 Å². The smallest absolute Gasteiger partial charge is 0.343 e. The molecule has 2 aromatic rings. The average Bonchev–Trinajstić information content (AvgIpc) is 2.77. The first-order chi connectivity index (χ1) is 17.1. The Morgan fingerprint density at radius 3 is 1.84 bits per heavy atom. The van der Waals surface area contributed by atoms with Gasteiger partial charge >= 0.3 is 6.18 Å². The SMILES string of the molecule is C=CCC(/C(=N/S(=O)(=O)c1ccc(C)cc1)Nc1ccc(C(F)(F)F)cc1)[Si](C(C)C)(C(C)C)C(C)C. The number of hydrogen-bond donors (Lipinski definition) is 1. The monoisotopic (exact) mass is 552 g/mol. The van der Waals surface area contributed by atoms with E-state index < -0.39 is 29.8 Å². The zero-order valence-corrected chi connectivity index (χ0v) is 24.5. The van der Waals surface area contributed by atoms with Crippen molar-refractivity contribution < 1.29 is 21.6 Å². The quantitative estimate of drug-likeness (QED) is 0.139. The molecule has 0 spiro atoms. The fourth-order valence-electron chi connectivity index (χ4n) is 5.88. The summed E-state index contributed by atoms with van der Waals surface area (Å²) in [6.07, 6.45) is -2.19. The van der Waals surface area contributed by atoms with Crippen molar-refractivity contribution >= 4 is 29.6 Å². The molecule has 0 aliphatic carbocycles. The number of allylic oxidation sites excluding steroid dienone is 1. The van der Waals surface area contributed by atoms with Gasteiger partial charge in [-0.05, 0) is 66.4 Å². The van der Waals surface area contributed by atoms with Gasteiger partial charge in [-0.15, -0.1) is 11.0 Å². The number of sulfonamides is 1. The van der Waals surface area contributed by atoms with Crippen molar-refractivity contribution in [3.05, 3.63) is 72.3 Å². The van der Waals surface area contributed by atoms with Crippen molar-refractivity contribution in [2.75, 3.05) is 5.32 Å². The first kappa shape index (κ1) is 30.8. The number of rotatable bonds is 10. The van der Waals surface area contributed by atoms with Crippen molar-refractivity contribution in [2.24, 2.45) is 4.40 Å². The van der Waals surface area contributed by atoms with Crippen LogP contribution in [0.3, 0.4) is 0 Å². The van der Waals surface area contributed by atoms with Gasteiger partial charge in [-0.2, -0.15) is 21.6 Å². The predicted octanol–water partition coefficient (Wildman–Crippen LogP) is 8.84. The van der Waals surface area contributed by atoms with Crippen LogP contribution in [0.2, 0.25) is 22.2 Å². The second-order valence-corrected chi connectivity index (χ2v) is 18.3. The van der Waals surface area contributed by atoms with Crippen molar-refractivity contribution in [1.82, 2.24) is 0 Å². The summed E-state index contributed by atoms with van der Waals surface area (Å²) in [6, 6.07) is 11.0. The molecule has 204 valence electrons. The average molecular weight is 553 g/mol. The summed E-state index contributed by atoms with van der Waals surface area (Å²) in [5.41, 5.74) is 1.06. The molecule has 37 heavy (non-hydrogen) atoms. The van der Waals surface area contributed by atoms with E-state index in [0.29, 0.717) is 12.1 Å². The maximum atomic E-state index is 13.5. The number of nitrogens with one attached hydrogen (secondary N) is 1. The second-order valence-electron chi connectivity index (χ2n) is 10.5. The van der Waals surface area contributed by atoms with Crippen LogP contribution in [0.1, 0.15) is 59.1 Å². The molecule has 0 radical (unpaired) electrons.